The molecule has 10 rings (SSSR count). The first kappa shape index (κ1) is 43.2. The second-order valence-corrected chi connectivity index (χ2v) is 17.0. The van der Waals surface area contributed by atoms with Crippen LogP contribution in [-0.4, -0.2) is 73.6 Å². The van der Waals surface area contributed by atoms with Crippen LogP contribution in [0.5, 0.6) is 0 Å². The van der Waals surface area contributed by atoms with Gasteiger partial charge in [0.15, 0.2) is 0 Å². The molecule has 12 nitrogen and oxygen atoms in total. The van der Waals surface area contributed by atoms with Crippen LogP contribution in [0.25, 0.3) is 22.3 Å². The maximum absolute atomic E-state index is 15.0. The third-order valence-electron chi connectivity index (χ3n) is 12.4. The van der Waals surface area contributed by atoms with Gasteiger partial charge in [0.25, 0.3) is 0 Å². The zero-order valence-corrected chi connectivity index (χ0v) is 36.2. The molecule has 0 saturated carbocycles. The van der Waals surface area contributed by atoms with Gasteiger partial charge in [0, 0.05) is 93.6 Å². The number of halogens is 3. The standard InChI is InChI=1S/C24H23FN4O2.C22H21FN4O.C2H3ClO/c1-16(30)28-10-9-24(15-28)20-5-3-4-6-22(20)29(23(24)31)14-18-8-7-17(11-21(18)25)19-12-26-27(2)13-19;1-26-12-17(11-25-26)15-6-7-16(19(23)10-15)13-27-20-5-3-2-4-18(20)22(21(27)28)8-9-24-14-22;1-2(3)4/h3-8,11-13H,9-10,14-15H2,1-2H3;2-7,10-12,24H,8-9,13-14H2,1H3;1H3. The molecule has 324 valence electrons. The number of hydrogen-bond acceptors (Lipinski definition) is 7. The van der Waals surface area contributed by atoms with Crippen molar-refractivity contribution in [3.8, 4) is 22.3 Å². The van der Waals surface area contributed by atoms with Crippen molar-refractivity contribution in [2.75, 3.05) is 36.0 Å². The van der Waals surface area contributed by atoms with E-state index in [0.717, 1.165) is 57.7 Å². The molecule has 4 aliphatic heterocycles. The van der Waals surface area contributed by atoms with Crippen molar-refractivity contribution in [2.24, 2.45) is 14.1 Å². The Kier molecular flexibility index (Phi) is 11.9. The molecular weight excluding hydrogens is 826 g/mol. The summed E-state index contributed by atoms with van der Waals surface area (Å²) in [4.78, 5) is 53.2. The maximum Gasteiger partial charge on any atom is 0.239 e. The molecule has 4 aromatic carbocycles. The van der Waals surface area contributed by atoms with E-state index in [9.17, 15) is 23.6 Å². The lowest BCUT2D eigenvalue weighted by Gasteiger charge is -2.24. The molecule has 0 bridgehead atoms. The molecule has 0 radical (unpaired) electrons. The predicted molar refractivity (Wildman–Crippen MR) is 237 cm³/mol. The Morgan fingerprint density at radius 3 is 1.59 bits per heavy atom. The quantitative estimate of drug-likeness (QED) is 0.178. The lowest BCUT2D eigenvalue weighted by atomic mass is 9.81. The summed E-state index contributed by atoms with van der Waals surface area (Å²) >= 11 is 4.64. The van der Waals surface area contributed by atoms with Crippen LogP contribution in [0.1, 0.15) is 48.9 Å². The number of benzene rings is 4. The molecule has 2 atom stereocenters. The number of hydrogen-bond donors (Lipinski definition) is 1. The largest absolute Gasteiger partial charge is 0.341 e. The maximum atomic E-state index is 15.0. The average Bonchev–Trinajstić information content (AvgIpc) is 4.13. The molecule has 2 saturated heterocycles. The Bertz CT molecular complexity index is 2740. The summed E-state index contributed by atoms with van der Waals surface area (Å²) in [6, 6.07) is 25.8. The fourth-order valence-electron chi connectivity index (χ4n) is 9.28. The highest BCUT2D eigenvalue weighted by Crippen LogP contribution is 2.48. The molecule has 2 aromatic heterocycles. The highest BCUT2D eigenvalue weighted by atomic mass is 35.5. The minimum atomic E-state index is -0.742. The van der Waals surface area contributed by atoms with Crippen LogP contribution in [0, 0.1) is 11.6 Å². The summed E-state index contributed by atoms with van der Waals surface area (Å²) in [5.74, 6) is -0.693. The van der Waals surface area contributed by atoms with E-state index in [2.05, 4.69) is 27.1 Å². The zero-order valence-electron chi connectivity index (χ0n) is 35.4. The van der Waals surface area contributed by atoms with Crippen molar-refractivity contribution >= 4 is 45.9 Å². The number of nitrogens with one attached hydrogen (secondary N) is 1. The molecule has 2 spiro atoms. The molecule has 0 aliphatic carbocycles. The molecule has 3 amide bonds. The number of likely N-dealkylation sites (tertiary alicyclic amines) is 1. The Morgan fingerprint density at radius 2 is 1.17 bits per heavy atom. The van der Waals surface area contributed by atoms with Crippen molar-refractivity contribution in [3.63, 3.8) is 0 Å². The Hall–Kier alpha value is -6.51. The highest BCUT2D eigenvalue weighted by Gasteiger charge is 2.55. The number of carbonyl (C=O) groups is 4. The second-order valence-electron chi connectivity index (χ2n) is 16.5. The Labute approximate surface area is 369 Å². The van der Waals surface area contributed by atoms with Crippen molar-refractivity contribution in [2.45, 2.75) is 50.6 Å². The monoisotopic (exact) mass is 872 g/mol. The fraction of sp³-hybridized carbons (Fsp3) is 0.292. The van der Waals surface area contributed by atoms with E-state index < -0.39 is 10.8 Å². The van der Waals surface area contributed by atoms with Crippen molar-refractivity contribution in [1.82, 2.24) is 29.8 Å². The highest BCUT2D eigenvalue weighted by molar-refractivity contribution is 6.62. The van der Waals surface area contributed by atoms with Crippen LogP contribution in [0.4, 0.5) is 20.2 Å². The number of para-hydroxylation sites is 2. The summed E-state index contributed by atoms with van der Waals surface area (Å²) in [5.41, 5.74) is 6.61. The smallest absolute Gasteiger partial charge is 0.239 e. The molecule has 4 aliphatic rings. The van der Waals surface area contributed by atoms with Crippen molar-refractivity contribution < 1.29 is 28.0 Å². The third-order valence-corrected chi connectivity index (χ3v) is 12.4. The molecule has 1 N–H and O–H groups in total. The van der Waals surface area contributed by atoms with Crippen LogP contribution >= 0.6 is 11.6 Å². The van der Waals surface area contributed by atoms with Crippen LogP contribution in [0.2, 0.25) is 0 Å². The summed E-state index contributed by atoms with van der Waals surface area (Å²) in [7, 11) is 3.65. The molecule has 63 heavy (non-hydrogen) atoms. The number of nitrogens with zero attached hydrogens (tertiary/aromatic N) is 7. The van der Waals surface area contributed by atoms with Crippen molar-refractivity contribution in [3.05, 3.63) is 144 Å². The first-order chi connectivity index (χ1) is 30.2. The fourth-order valence-corrected chi connectivity index (χ4v) is 9.28. The van der Waals surface area contributed by atoms with Crippen LogP contribution < -0.4 is 15.1 Å². The van der Waals surface area contributed by atoms with Gasteiger partial charge in [0.2, 0.25) is 23.0 Å². The minimum absolute atomic E-state index is 0.0300. The first-order valence-corrected chi connectivity index (χ1v) is 21.1. The van der Waals surface area contributed by atoms with Crippen LogP contribution in [0.15, 0.2) is 110 Å². The van der Waals surface area contributed by atoms with E-state index in [-0.39, 0.29) is 47.7 Å². The molecule has 2 unspecified atom stereocenters. The van der Waals surface area contributed by atoms with Gasteiger partial charge < -0.3 is 20.0 Å². The number of fused-ring (bicyclic) bond motifs is 4. The summed E-state index contributed by atoms with van der Waals surface area (Å²) < 4.78 is 33.3. The Balaban J connectivity index is 0.000000160. The van der Waals surface area contributed by atoms with Gasteiger partial charge in [-0.15, -0.1) is 0 Å². The topological polar surface area (TPSA) is 126 Å². The zero-order chi connectivity index (χ0) is 44.6. The van der Waals surface area contributed by atoms with Gasteiger partial charge in [0.05, 0.1) is 36.3 Å². The number of rotatable bonds is 6. The van der Waals surface area contributed by atoms with Gasteiger partial charge in [-0.3, -0.25) is 28.5 Å². The van der Waals surface area contributed by atoms with E-state index in [0.29, 0.717) is 37.2 Å². The van der Waals surface area contributed by atoms with Crippen molar-refractivity contribution in [1.29, 1.82) is 0 Å². The van der Waals surface area contributed by atoms with Gasteiger partial charge in [-0.1, -0.05) is 60.7 Å². The minimum Gasteiger partial charge on any atom is -0.341 e. The SMILES string of the molecule is CC(=O)Cl.CC(=O)N1CCC2(C1)C(=O)N(Cc1ccc(-c3cnn(C)c3)cc1F)c1ccccc12.Cn1cc(-c2ccc(CN3C(=O)C4(CCNC4)c4ccccc43)c(F)c2)cn1. The predicted octanol–water partition coefficient (Wildman–Crippen LogP) is 7.04. The van der Waals surface area contributed by atoms with E-state index in [4.69, 9.17) is 0 Å². The van der Waals surface area contributed by atoms with Crippen LogP contribution in [0.3, 0.4) is 0 Å². The summed E-state index contributed by atoms with van der Waals surface area (Å²) in [5, 5.41) is 11.2. The average molecular weight is 873 g/mol. The normalized spacial score (nSPS) is 19.6. The second kappa shape index (κ2) is 17.3. The lowest BCUT2D eigenvalue weighted by Crippen LogP contribution is -2.42. The molecular formula is C48H47ClF2N8O4. The number of aryl methyl sites for hydroxylation is 2. The molecule has 2 fully saturated rings. The van der Waals surface area contributed by atoms with Gasteiger partial charge in [-0.05, 0) is 77.5 Å². The number of aromatic nitrogens is 4. The van der Waals surface area contributed by atoms with Gasteiger partial charge >= 0.3 is 0 Å². The van der Waals surface area contributed by atoms with Gasteiger partial charge in [-0.25, -0.2) is 8.78 Å². The summed E-state index contributed by atoms with van der Waals surface area (Å²) in [6.45, 7) is 5.59. The first-order valence-electron chi connectivity index (χ1n) is 20.7. The Morgan fingerprint density at radius 1 is 0.698 bits per heavy atom. The molecule has 6 aromatic rings. The van der Waals surface area contributed by atoms with E-state index in [1.165, 1.54) is 26.0 Å². The summed E-state index contributed by atoms with van der Waals surface area (Å²) in [6.07, 6.45) is 8.46. The van der Waals surface area contributed by atoms with E-state index in [1.807, 2.05) is 87.2 Å². The third kappa shape index (κ3) is 8.16. The molecule has 15 heteroatoms. The molecule has 6 heterocycles. The van der Waals surface area contributed by atoms with Gasteiger partial charge in [0.1, 0.15) is 11.6 Å². The van der Waals surface area contributed by atoms with Crippen LogP contribution in [-0.2, 0) is 57.2 Å². The van der Waals surface area contributed by atoms with Gasteiger partial charge in [-0.2, -0.15) is 10.2 Å². The lowest BCUT2D eigenvalue weighted by molar-refractivity contribution is -0.128. The van der Waals surface area contributed by atoms with E-state index in [1.54, 1.807) is 48.6 Å². The number of carbonyl (C=O) groups excluding carboxylic acids is 4. The number of amides is 3. The number of anilines is 2. The van der Waals surface area contributed by atoms with E-state index >= 15 is 4.39 Å².